The number of aromatic nitrogens is 1. The van der Waals surface area contributed by atoms with Gasteiger partial charge in [0.15, 0.2) is 0 Å². The lowest BCUT2D eigenvalue weighted by atomic mass is 10.1. The monoisotopic (exact) mass is 256 g/mol. The van der Waals surface area contributed by atoms with E-state index in [2.05, 4.69) is 10.3 Å². The highest BCUT2D eigenvalue weighted by Gasteiger charge is 2.23. The molecule has 2 nitrogen and oxygen atoms in total. The summed E-state index contributed by atoms with van der Waals surface area (Å²) in [5.74, 6) is -0.0634. The number of hydrogen-bond donors (Lipinski definition) is 1. The first-order valence-corrected chi connectivity index (χ1v) is 6.75. The SMILES string of the molecule is Fc1cccc2c1CCC2NCCc1ccccn1. The topological polar surface area (TPSA) is 24.9 Å². The summed E-state index contributed by atoms with van der Waals surface area (Å²) < 4.78 is 13.6. The number of halogens is 1. The Balaban J connectivity index is 1.60. The molecule has 0 spiro atoms. The van der Waals surface area contributed by atoms with Crippen LogP contribution in [0.5, 0.6) is 0 Å². The average molecular weight is 256 g/mol. The fraction of sp³-hybridized carbons (Fsp3) is 0.312. The molecule has 2 aromatic rings. The second kappa shape index (κ2) is 5.49. The third kappa shape index (κ3) is 2.66. The van der Waals surface area contributed by atoms with E-state index >= 15 is 0 Å². The lowest BCUT2D eigenvalue weighted by Crippen LogP contribution is -2.22. The molecule has 0 radical (unpaired) electrons. The van der Waals surface area contributed by atoms with Gasteiger partial charge in [-0.1, -0.05) is 18.2 Å². The molecule has 1 unspecified atom stereocenters. The van der Waals surface area contributed by atoms with Gasteiger partial charge in [0.05, 0.1) is 0 Å². The van der Waals surface area contributed by atoms with Crippen molar-refractivity contribution in [1.29, 1.82) is 0 Å². The number of pyridine rings is 1. The molecule has 1 aliphatic rings. The van der Waals surface area contributed by atoms with Crippen LogP contribution in [0.2, 0.25) is 0 Å². The highest BCUT2D eigenvalue weighted by Crippen LogP contribution is 2.32. The Bertz CT molecular complexity index is 554. The highest BCUT2D eigenvalue weighted by molar-refractivity contribution is 5.35. The summed E-state index contributed by atoms with van der Waals surface area (Å²) in [4.78, 5) is 4.30. The smallest absolute Gasteiger partial charge is 0.126 e. The van der Waals surface area contributed by atoms with Crippen molar-refractivity contribution in [3.8, 4) is 0 Å². The molecule has 0 bridgehead atoms. The lowest BCUT2D eigenvalue weighted by Gasteiger charge is -2.13. The third-order valence-corrected chi connectivity index (χ3v) is 3.71. The Morgan fingerprint density at radius 1 is 1.21 bits per heavy atom. The maximum absolute atomic E-state index is 13.6. The summed E-state index contributed by atoms with van der Waals surface area (Å²) in [7, 11) is 0. The van der Waals surface area contributed by atoms with E-state index in [0.717, 1.165) is 42.6 Å². The van der Waals surface area contributed by atoms with E-state index in [0.29, 0.717) is 0 Å². The zero-order valence-corrected chi connectivity index (χ0v) is 10.8. The molecule has 0 aliphatic heterocycles. The molecule has 0 saturated heterocycles. The van der Waals surface area contributed by atoms with Crippen LogP contribution in [0.25, 0.3) is 0 Å². The van der Waals surface area contributed by atoms with Gasteiger partial charge in [-0.15, -0.1) is 0 Å². The largest absolute Gasteiger partial charge is 0.310 e. The predicted molar refractivity (Wildman–Crippen MR) is 73.4 cm³/mol. The van der Waals surface area contributed by atoms with Crippen molar-refractivity contribution in [3.05, 3.63) is 65.2 Å². The van der Waals surface area contributed by atoms with Gasteiger partial charge in [-0.2, -0.15) is 0 Å². The second-order valence-electron chi connectivity index (χ2n) is 4.92. The minimum Gasteiger partial charge on any atom is -0.310 e. The van der Waals surface area contributed by atoms with E-state index < -0.39 is 0 Å². The summed E-state index contributed by atoms with van der Waals surface area (Å²) in [6, 6.07) is 11.6. The second-order valence-corrected chi connectivity index (χ2v) is 4.92. The van der Waals surface area contributed by atoms with E-state index in [4.69, 9.17) is 0 Å². The fourth-order valence-electron chi connectivity index (χ4n) is 2.74. The maximum Gasteiger partial charge on any atom is 0.126 e. The van der Waals surface area contributed by atoms with Crippen LogP contribution in [0.1, 0.15) is 29.3 Å². The van der Waals surface area contributed by atoms with Gasteiger partial charge in [-0.05, 0) is 42.2 Å². The van der Waals surface area contributed by atoms with Crippen molar-refractivity contribution in [3.63, 3.8) is 0 Å². The van der Waals surface area contributed by atoms with Crippen LogP contribution in [-0.2, 0) is 12.8 Å². The van der Waals surface area contributed by atoms with Gasteiger partial charge in [0.1, 0.15) is 5.82 Å². The lowest BCUT2D eigenvalue weighted by molar-refractivity contribution is 0.531. The van der Waals surface area contributed by atoms with Crippen LogP contribution < -0.4 is 5.32 Å². The predicted octanol–water partition coefficient (Wildman–Crippen LogP) is 3.04. The number of nitrogens with one attached hydrogen (secondary N) is 1. The van der Waals surface area contributed by atoms with Gasteiger partial charge in [-0.25, -0.2) is 4.39 Å². The van der Waals surface area contributed by atoms with Crippen molar-refractivity contribution in [2.45, 2.75) is 25.3 Å². The first-order chi connectivity index (χ1) is 9.34. The van der Waals surface area contributed by atoms with Crippen molar-refractivity contribution >= 4 is 0 Å². The summed E-state index contributed by atoms with van der Waals surface area (Å²) in [5, 5.41) is 3.51. The summed E-state index contributed by atoms with van der Waals surface area (Å²) in [5.41, 5.74) is 3.10. The number of benzene rings is 1. The number of rotatable bonds is 4. The van der Waals surface area contributed by atoms with Gasteiger partial charge in [0.25, 0.3) is 0 Å². The van der Waals surface area contributed by atoms with Crippen molar-refractivity contribution in [2.24, 2.45) is 0 Å². The van der Waals surface area contributed by atoms with E-state index in [1.807, 2.05) is 30.5 Å². The van der Waals surface area contributed by atoms with Gasteiger partial charge in [0.2, 0.25) is 0 Å². The van der Waals surface area contributed by atoms with Crippen LogP contribution in [0, 0.1) is 5.82 Å². The van der Waals surface area contributed by atoms with Crippen LogP contribution in [-0.4, -0.2) is 11.5 Å². The van der Waals surface area contributed by atoms with Crippen molar-refractivity contribution in [2.75, 3.05) is 6.54 Å². The van der Waals surface area contributed by atoms with Gasteiger partial charge in [-0.3, -0.25) is 4.98 Å². The fourth-order valence-corrected chi connectivity index (χ4v) is 2.74. The van der Waals surface area contributed by atoms with E-state index in [9.17, 15) is 4.39 Å². The molecule has 1 aromatic carbocycles. The van der Waals surface area contributed by atoms with Crippen LogP contribution in [0.15, 0.2) is 42.6 Å². The van der Waals surface area contributed by atoms with Crippen LogP contribution in [0.3, 0.4) is 0 Å². The van der Waals surface area contributed by atoms with E-state index in [1.54, 1.807) is 12.1 Å². The Kier molecular flexibility index (Phi) is 3.56. The molecule has 1 atom stereocenters. The number of hydrogen-bond acceptors (Lipinski definition) is 2. The van der Waals surface area contributed by atoms with E-state index in [-0.39, 0.29) is 11.9 Å². The Hall–Kier alpha value is -1.74. The van der Waals surface area contributed by atoms with Crippen molar-refractivity contribution in [1.82, 2.24) is 10.3 Å². The minimum absolute atomic E-state index is 0.0634. The maximum atomic E-state index is 13.6. The molecule has 1 N–H and O–H groups in total. The molecule has 0 fully saturated rings. The number of fused-ring (bicyclic) bond motifs is 1. The normalized spacial score (nSPS) is 17.4. The standard InChI is InChI=1S/C16H17FN2/c17-15-6-3-5-14-13(15)7-8-16(14)19-11-9-12-4-1-2-10-18-12/h1-6,10,16,19H,7-9,11H2. The molecule has 0 amide bonds. The van der Waals surface area contributed by atoms with Gasteiger partial charge in [0, 0.05) is 30.9 Å². The first-order valence-electron chi connectivity index (χ1n) is 6.75. The van der Waals surface area contributed by atoms with Gasteiger partial charge >= 0.3 is 0 Å². The third-order valence-electron chi connectivity index (χ3n) is 3.71. The molecule has 3 rings (SSSR count). The zero-order valence-electron chi connectivity index (χ0n) is 10.8. The number of nitrogens with zero attached hydrogens (tertiary/aromatic N) is 1. The minimum atomic E-state index is -0.0634. The summed E-state index contributed by atoms with van der Waals surface area (Å²) in [6.45, 7) is 0.873. The zero-order chi connectivity index (χ0) is 13.1. The van der Waals surface area contributed by atoms with E-state index in [1.165, 1.54) is 0 Å². The molecule has 19 heavy (non-hydrogen) atoms. The van der Waals surface area contributed by atoms with Crippen LogP contribution >= 0.6 is 0 Å². The Morgan fingerprint density at radius 3 is 3.00 bits per heavy atom. The average Bonchev–Trinajstić information content (AvgIpc) is 2.85. The Morgan fingerprint density at radius 2 is 2.16 bits per heavy atom. The molecular formula is C16H17FN2. The molecule has 98 valence electrons. The molecule has 1 aliphatic carbocycles. The van der Waals surface area contributed by atoms with Crippen LogP contribution in [0.4, 0.5) is 4.39 Å². The quantitative estimate of drug-likeness (QED) is 0.909. The van der Waals surface area contributed by atoms with Gasteiger partial charge < -0.3 is 5.32 Å². The summed E-state index contributed by atoms with van der Waals surface area (Å²) in [6.07, 6.45) is 4.54. The molecule has 0 saturated carbocycles. The molecule has 3 heteroatoms. The highest BCUT2D eigenvalue weighted by atomic mass is 19.1. The molecule has 1 heterocycles. The van der Waals surface area contributed by atoms with Crippen molar-refractivity contribution < 1.29 is 4.39 Å². The molecular weight excluding hydrogens is 239 g/mol. The summed E-state index contributed by atoms with van der Waals surface area (Å²) >= 11 is 0. The molecule has 1 aromatic heterocycles. The Labute approximate surface area is 112 Å². The first kappa shape index (κ1) is 12.3.